The number of rotatable bonds is 2. The van der Waals surface area contributed by atoms with Crippen LogP contribution in [0.1, 0.15) is 0 Å². The lowest BCUT2D eigenvalue weighted by Gasteiger charge is -2.14. The molecule has 0 fully saturated rings. The average molecular weight is 215 g/mol. The van der Waals surface area contributed by atoms with Crippen molar-refractivity contribution in [3.63, 3.8) is 0 Å². The fraction of sp³-hybridized carbons (Fsp3) is 0.100. The molecule has 0 aliphatic rings. The highest BCUT2D eigenvalue weighted by Crippen LogP contribution is 2.25. The molecule has 0 atom stereocenters. The molecule has 3 rings (SSSR count). The molecule has 1 N–H and O–H groups in total. The molecule has 0 aromatic carbocycles. The number of hydrogen-bond acceptors (Lipinski definition) is 5. The maximum Gasteiger partial charge on any atom is 0.200 e. The molecule has 80 valence electrons. The van der Waals surface area contributed by atoms with Crippen molar-refractivity contribution in [3.05, 3.63) is 31.1 Å². The van der Waals surface area contributed by atoms with Gasteiger partial charge in [0.25, 0.3) is 0 Å². The molecular formula is C10H9N5O. The Labute approximate surface area is 91.0 Å². The van der Waals surface area contributed by atoms with Crippen LogP contribution in [0.3, 0.4) is 0 Å². The van der Waals surface area contributed by atoms with E-state index in [-0.39, 0.29) is 0 Å². The minimum Gasteiger partial charge on any atom is -0.448 e. The fourth-order valence-corrected chi connectivity index (χ4v) is 1.57. The van der Waals surface area contributed by atoms with Crippen molar-refractivity contribution in [2.75, 3.05) is 11.9 Å². The van der Waals surface area contributed by atoms with Crippen LogP contribution in [0, 0.1) is 0 Å². The largest absolute Gasteiger partial charge is 0.448 e. The van der Waals surface area contributed by atoms with Gasteiger partial charge < -0.3 is 9.40 Å². The summed E-state index contributed by atoms with van der Waals surface area (Å²) in [5, 5.41) is 0. The third kappa shape index (κ3) is 1.23. The minimum absolute atomic E-state index is 0.642. The van der Waals surface area contributed by atoms with Crippen LogP contribution in [0.5, 0.6) is 0 Å². The SMILES string of the molecule is CN(c1ccco1)c1ncnc2nc[nH]c12. The predicted molar refractivity (Wildman–Crippen MR) is 58.5 cm³/mol. The molecule has 0 radical (unpaired) electrons. The number of furan rings is 1. The normalized spacial score (nSPS) is 10.8. The van der Waals surface area contributed by atoms with Crippen LogP contribution in [-0.2, 0) is 0 Å². The molecular weight excluding hydrogens is 206 g/mol. The molecule has 0 aliphatic heterocycles. The number of imidazole rings is 1. The van der Waals surface area contributed by atoms with E-state index in [4.69, 9.17) is 4.42 Å². The number of hydrogen-bond donors (Lipinski definition) is 1. The summed E-state index contributed by atoms with van der Waals surface area (Å²) >= 11 is 0. The second-order valence-electron chi connectivity index (χ2n) is 3.31. The van der Waals surface area contributed by atoms with Crippen LogP contribution in [0.15, 0.2) is 35.5 Å². The Kier molecular flexibility index (Phi) is 1.86. The quantitative estimate of drug-likeness (QED) is 0.704. The molecule has 3 heterocycles. The summed E-state index contributed by atoms with van der Waals surface area (Å²) in [5.41, 5.74) is 1.44. The van der Waals surface area contributed by atoms with E-state index in [1.165, 1.54) is 6.33 Å². The van der Waals surface area contributed by atoms with Crippen molar-refractivity contribution in [2.24, 2.45) is 0 Å². The monoisotopic (exact) mass is 215 g/mol. The van der Waals surface area contributed by atoms with E-state index in [1.807, 2.05) is 24.1 Å². The van der Waals surface area contributed by atoms with Crippen molar-refractivity contribution >= 4 is 22.9 Å². The molecule has 3 aromatic rings. The van der Waals surface area contributed by atoms with E-state index in [2.05, 4.69) is 19.9 Å². The van der Waals surface area contributed by atoms with Crippen molar-refractivity contribution in [1.29, 1.82) is 0 Å². The highest BCUT2D eigenvalue weighted by atomic mass is 16.3. The molecule has 0 bridgehead atoms. The average Bonchev–Trinajstić information content (AvgIpc) is 2.98. The zero-order valence-corrected chi connectivity index (χ0v) is 8.58. The van der Waals surface area contributed by atoms with Crippen LogP contribution in [0.2, 0.25) is 0 Å². The second kappa shape index (κ2) is 3.34. The fourth-order valence-electron chi connectivity index (χ4n) is 1.57. The number of nitrogens with zero attached hydrogens (tertiary/aromatic N) is 4. The van der Waals surface area contributed by atoms with E-state index in [0.717, 1.165) is 17.2 Å². The molecule has 3 aromatic heterocycles. The lowest BCUT2D eigenvalue weighted by atomic mass is 10.4. The number of nitrogens with one attached hydrogen (secondary N) is 1. The minimum atomic E-state index is 0.642. The molecule has 0 amide bonds. The molecule has 0 spiro atoms. The first kappa shape index (κ1) is 8.90. The summed E-state index contributed by atoms with van der Waals surface area (Å²) in [7, 11) is 1.88. The van der Waals surface area contributed by atoms with Crippen LogP contribution in [0.4, 0.5) is 11.7 Å². The Balaban J connectivity index is 2.15. The summed E-state index contributed by atoms with van der Waals surface area (Å²) in [5.74, 6) is 1.45. The topological polar surface area (TPSA) is 70.8 Å². The molecule has 6 nitrogen and oxygen atoms in total. The van der Waals surface area contributed by atoms with Gasteiger partial charge in [0.1, 0.15) is 11.8 Å². The summed E-state index contributed by atoms with van der Waals surface area (Å²) in [6, 6.07) is 3.70. The lowest BCUT2D eigenvalue weighted by Crippen LogP contribution is -2.11. The third-order valence-corrected chi connectivity index (χ3v) is 2.36. The lowest BCUT2D eigenvalue weighted by molar-refractivity contribution is 0.569. The van der Waals surface area contributed by atoms with E-state index in [9.17, 15) is 0 Å². The number of aromatic amines is 1. The van der Waals surface area contributed by atoms with Gasteiger partial charge in [0.15, 0.2) is 11.5 Å². The van der Waals surface area contributed by atoms with E-state index in [1.54, 1.807) is 12.6 Å². The van der Waals surface area contributed by atoms with Crippen molar-refractivity contribution in [2.45, 2.75) is 0 Å². The van der Waals surface area contributed by atoms with Gasteiger partial charge in [-0.2, -0.15) is 0 Å². The highest BCUT2D eigenvalue weighted by molar-refractivity contribution is 5.84. The van der Waals surface area contributed by atoms with Crippen LogP contribution >= 0.6 is 0 Å². The summed E-state index contributed by atoms with van der Waals surface area (Å²) in [6.45, 7) is 0. The second-order valence-corrected chi connectivity index (χ2v) is 3.31. The van der Waals surface area contributed by atoms with Crippen LogP contribution in [-0.4, -0.2) is 27.0 Å². The van der Waals surface area contributed by atoms with Gasteiger partial charge in [-0.25, -0.2) is 15.0 Å². The third-order valence-electron chi connectivity index (χ3n) is 2.36. The molecule has 0 saturated carbocycles. The van der Waals surface area contributed by atoms with Crippen LogP contribution in [0.25, 0.3) is 11.2 Å². The Hall–Kier alpha value is -2.37. The zero-order valence-electron chi connectivity index (χ0n) is 8.58. The van der Waals surface area contributed by atoms with Gasteiger partial charge in [0, 0.05) is 13.1 Å². The molecule has 0 aliphatic carbocycles. The Morgan fingerprint density at radius 2 is 2.25 bits per heavy atom. The maximum absolute atomic E-state index is 5.31. The smallest absolute Gasteiger partial charge is 0.200 e. The van der Waals surface area contributed by atoms with Gasteiger partial charge in [0.2, 0.25) is 5.88 Å². The summed E-state index contributed by atoms with van der Waals surface area (Å²) < 4.78 is 5.31. The van der Waals surface area contributed by atoms with Gasteiger partial charge >= 0.3 is 0 Å². The number of fused-ring (bicyclic) bond motifs is 1. The highest BCUT2D eigenvalue weighted by Gasteiger charge is 2.13. The Bertz CT molecular complexity index is 600. The van der Waals surface area contributed by atoms with E-state index < -0.39 is 0 Å². The first-order chi connectivity index (χ1) is 7.86. The molecule has 0 saturated heterocycles. The van der Waals surface area contributed by atoms with E-state index >= 15 is 0 Å². The van der Waals surface area contributed by atoms with Gasteiger partial charge in [0.05, 0.1) is 12.6 Å². The maximum atomic E-state index is 5.31. The van der Waals surface area contributed by atoms with Crippen molar-refractivity contribution < 1.29 is 4.42 Å². The van der Waals surface area contributed by atoms with Crippen LogP contribution < -0.4 is 4.90 Å². The van der Waals surface area contributed by atoms with Crippen molar-refractivity contribution in [1.82, 2.24) is 19.9 Å². The molecule has 0 unspecified atom stereocenters. The first-order valence-corrected chi connectivity index (χ1v) is 4.77. The predicted octanol–water partition coefficient (Wildman–Crippen LogP) is 1.71. The number of H-pyrrole nitrogens is 1. The number of aromatic nitrogens is 4. The van der Waals surface area contributed by atoms with E-state index in [0.29, 0.717) is 5.65 Å². The standard InChI is InChI=1S/C10H9N5O/c1-15(7-3-2-4-16-7)10-8-9(12-5-11-8)13-6-14-10/h2-6H,1H3,(H,11,12,13,14). The summed E-state index contributed by atoms with van der Waals surface area (Å²) in [6.07, 6.45) is 4.70. The summed E-state index contributed by atoms with van der Waals surface area (Å²) in [4.78, 5) is 17.2. The molecule has 6 heteroatoms. The van der Waals surface area contributed by atoms with Crippen molar-refractivity contribution in [3.8, 4) is 0 Å². The van der Waals surface area contributed by atoms with Gasteiger partial charge in [-0.1, -0.05) is 0 Å². The molecule has 16 heavy (non-hydrogen) atoms. The van der Waals surface area contributed by atoms with Gasteiger partial charge in [-0.15, -0.1) is 0 Å². The Morgan fingerprint density at radius 1 is 1.31 bits per heavy atom. The zero-order chi connectivity index (χ0) is 11.0. The van der Waals surface area contributed by atoms with Gasteiger partial charge in [-0.3, -0.25) is 4.90 Å². The number of anilines is 2. The Morgan fingerprint density at radius 3 is 3.06 bits per heavy atom. The first-order valence-electron chi connectivity index (χ1n) is 4.77. The van der Waals surface area contributed by atoms with Gasteiger partial charge in [-0.05, 0) is 6.07 Å².